The van der Waals surface area contributed by atoms with E-state index in [4.69, 9.17) is 9.47 Å². The van der Waals surface area contributed by atoms with E-state index < -0.39 is 5.97 Å². The summed E-state index contributed by atoms with van der Waals surface area (Å²) in [6.07, 6.45) is 0. The van der Waals surface area contributed by atoms with Gasteiger partial charge >= 0.3 is 5.97 Å². The molecular weight excluding hydrogens is 304 g/mol. The first kappa shape index (κ1) is 15.9. The first-order valence-corrected chi connectivity index (χ1v) is 7.72. The number of rotatable bonds is 6. The van der Waals surface area contributed by atoms with E-state index in [0.29, 0.717) is 17.7 Å². The van der Waals surface area contributed by atoms with E-state index in [9.17, 15) is 9.90 Å². The third-order valence-corrected chi connectivity index (χ3v) is 3.74. The summed E-state index contributed by atoms with van der Waals surface area (Å²) in [5.41, 5.74) is 1.35. The van der Waals surface area contributed by atoms with Crippen LogP contribution in [0.2, 0.25) is 0 Å². The Morgan fingerprint density at radius 3 is 2.38 bits per heavy atom. The fraction of sp³-hybridized carbons (Fsp3) is 0.150. The number of carboxylic acids is 1. The molecule has 3 aromatic rings. The summed E-state index contributed by atoms with van der Waals surface area (Å²) in [5, 5.41) is 11.1. The molecule has 4 nitrogen and oxygen atoms in total. The van der Waals surface area contributed by atoms with Crippen molar-refractivity contribution in [3.8, 4) is 11.5 Å². The smallest absolute Gasteiger partial charge is 0.340 e. The van der Waals surface area contributed by atoms with Crippen molar-refractivity contribution in [2.45, 2.75) is 6.92 Å². The monoisotopic (exact) mass is 322 g/mol. The Kier molecular flexibility index (Phi) is 4.66. The zero-order valence-corrected chi connectivity index (χ0v) is 13.4. The van der Waals surface area contributed by atoms with Crippen LogP contribution < -0.4 is 9.47 Å². The molecule has 0 bridgehead atoms. The fourth-order valence-electron chi connectivity index (χ4n) is 2.54. The third kappa shape index (κ3) is 3.49. The van der Waals surface area contributed by atoms with Gasteiger partial charge in [0.1, 0.15) is 30.3 Å². The Morgan fingerprint density at radius 1 is 0.917 bits per heavy atom. The lowest BCUT2D eigenvalue weighted by Crippen LogP contribution is -2.11. The highest BCUT2D eigenvalue weighted by molar-refractivity contribution is 6.06. The van der Waals surface area contributed by atoms with Gasteiger partial charge in [-0.1, -0.05) is 48.0 Å². The number of carboxylic acid groups (broad SMARTS) is 1. The lowest BCUT2D eigenvalue weighted by molar-refractivity contribution is 0.0693. The molecule has 0 saturated carbocycles. The Labute approximate surface area is 140 Å². The number of ether oxygens (including phenoxy) is 2. The first-order chi connectivity index (χ1) is 11.6. The molecule has 0 aliphatic rings. The Bertz CT molecular complexity index is 853. The molecule has 0 radical (unpaired) electrons. The highest BCUT2D eigenvalue weighted by Gasteiger charge is 2.15. The van der Waals surface area contributed by atoms with Crippen LogP contribution in [0.15, 0.2) is 60.7 Å². The molecule has 122 valence electrons. The Hall–Kier alpha value is -3.01. The van der Waals surface area contributed by atoms with Crippen molar-refractivity contribution in [1.29, 1.82) is 0 Å². The second-order valence-corrected chi connectivity index (χ2v) is 5.47. The summed E-state index contributed by atoms with van der Waals surface area (Å²) >= 11 is 0. The maximum atomic E-state index is 11.6. The number of hydrogen-bond donors (Lipinski definition) is 1. The van der Waals surface area contributed by atoms with Crippen molar-refractivity contribution in [2.75, 3.05) is 13.2 Å². The molecular formula is C20H18O4. The van der Waals surface area contributed by atoms with Crippen molar-refractivity contribution in [3.63, 3.8) is 0 Å². The molecule has 0 unspecified atom stereocenters. The molecule has 0 aliphatic heterocycles. The zero-order chi connectivity index (χ0) is 16.9. The molecule has 24 heavy (non-hydrogen) atoms. The third-order valence-electron chi connectivity index (χ3n) is 3.74. The van der Waals surface area contributed by atoms with Gasteiger partial charge in [0.25, 0.3) is 0 Å². The molecule has 0 atom stereocenters. The van der Waals surface area contributed by atoms with E-state index in [1.165, 1.54) is 5.56 Å². The average Bonchev–Trinajstić information content (AvgIpc) is 2.59. The van der Waals surface area contributed by atoms with E-state index in [1.54, 1.807) is 12.1 Å². The number of benzene rings is 3. The standard InChI is InChI=1S/C20H18O4/c1-14-6-9-16(10-7-14)23-12-13-24-18-11-8-15-4-2-3-5-17(15)19(18)20(21)22/h2-11H,12-13H2,1H3,(H,21,22). The van der Waals surface area contributed by atoms with E-state index >= 15 is 0 Å². The van der Waals surface area contributed by atoms with E-state index in [2.05, 4.69) is 0 Å². The molecule has 0 aliphatic carbocycles. The van der Waals surface area contributed by atoms with Gasteiger partial charge in [-0.05, 0) is 35.9 Å². The molecule has 4 heteroatoms. The fourth-order valence-corrected chi connectivity index (χ4v) is 2.54. The number of carbonyl (C=O) groups is 1. The minimum absolute atomic E-state index is 0.184. The van der Waals surface area contributed by atoms with Crippen molar-refractivity contribution < 1.29 is 19.4 Å². The normalized spacial score (nSPS) is 10.5. The summed E-state index contributed by atoms with van der Waals surface area (Å²) in [4.78, 5) is 11.6. The Morgan fingerprint density at radius 2 is 1.62 bits per heavy atom. The van der Waals surface area contributed by atoms with Crippen LogP contribution in [0, 0.1) is 6.92 Å². The van der Waals surface area contributed by atoms with Gasteiger partial charge in [-0.15, -0.1) is 0 Å². The highest BCUT2D eigenvalue weighted by atomic mass is 16.5. The molecule has 0 aromatic heterocycles. The SMILES string of the molecule is Cc1ccc(OCCOc2ccc3ccccc3c2C(=O)O)cc1. The van der Waals surface area contributed by atoms with Crippen LogP contribution in [0.1, 0.15) is 15.9 Å². The molecule has 0 amide bonds. The molecule has 0 heterocycles. The van der Waals surface area contributed by atoms with Gasteiger partial charge in [-0.3, -0.25) is 0 Å². The summed E-state index contributed by atoms with van der Waals surface area (Å²) < 4.78 is 11.2. The van der Waals surface area contributed by atoms with E-state index in [1.807, 2.05) is 55.5 Å². The van der Waals surface area contributed by atoms with Gasteiger partial charge in [-0.2, -0.15) is 0 Å². The van der Waals surface area contributed by atoms with Crippen LogP contribution >= 0.6 is 0 Å². The maximum absolute atomic E-state index is 11.6. The highest BCUT2D eigenvalue weighted by Crippen LogP contribution is 2.28. The van der Waals surface area contributed by atoms with E-state index in [0.717, 1.165) is 11.1 Å². The van der Waals surface area contributed by atoms with Crippen LogP contribution in [0.3, 0.4) is 0 Å². The molecule has 0 saturated heterocycles. The van der Waals surface area contributed by atoms with Gasteiger partial charge < -0.3 is 14.6 Å². The predicted octanol–water partition coefficient (Wildman–Crippen LogP) is 4.30. The van der Waals surface area contributed by atoms with Crippen molar-refractivity contribution in [3.05, 3.63) is 71.8 Å². The van der Waals surface area contributed by atoms with Gasteiger partial charge in [-0.25, -0.2) is 4.79 Å². The Balaban J connectivity index is 1.69. The molecule has 3 aromatic carbocycles. The number of aromatic carboxylic acids is 1. The van der Waals surface area contributed by atoms with Crippen molar-refractivity contribution >= 4 is 16.7 Å². The van der Waals surface area contributed by atoms with Crippen molar-refractivity contribution in [1.82, 2.24) is 0 Å². The van der Waals surface area contributed by atoms with Gasteiger partial charge in [0.2, 0.25) is 0 Å². The second kappa shape index (κ2) is 7.04. The van der Waals surface area contributed by atoms with Crippen LogP contribution in [0.5, 0.6) is 11.5 Å². The largest absolute Gasteiger partial charge is 0.490 e. The quantitative estimate of drug-likeness (QED) is 0.687. The summed E-state index contributed by atoms with van der Waals surface area (Å²) in [7, 11) is 0. The molecule has 3 rings (SSSR count). The number of fused-ring (bicyclic) bond motifs is 1. The molecule has 1 N–H and O–H groups in total. The second-order valence-electron chi connectivity index (χ2n) is 5.47. The van der Waals surface area contributed by atoms with Crippen LogP contribution in [-0.2, 0) is 0 Å². The summed E-state index contributed by atoms with van der Waals surface area (Å²) in [6, 6.07) is 18.7. The zero-order valence-electron chi connectivity index (χ0n) is 13.4. The first-order valence-electron chi connectivity index (χ1n) is 7.72. The summed E-state index contributed by atoms with van der Waals surface area (Å²) in [6.45, 7) is 2.63. The lowest BCUT2D eigenvalue weighted by atomic mass is 10.0. The topological polar surface area (TPSA) is 55.8 Å². The molecule has 0 fully saturated rings. The minimum Gasteiger partial charge on any atom is -0.490 e. The van der Waals surface area contributed by atoms with Crippen LogP contribution in [0.4, 0.5) is 0 Å². The van der Waals surface area contributed by atoms with Crippen LogP contribution in [-0.4, -0.2) is 24.3 Å². The average molecular weight is 322 g/mol. The lowest BCUT2D eigenvalue weighted by Gasteiger charge is -2.12. The number of hydrogen-bond acceptors (Lipinski definition) is 3. The minimum atomic E-state index is -0.999. The summed E-state index contributed by atoms with van der Waals surface area (Å²) in [5.74, 6) is 0.121. The van der Waals surface area contributed by atoms with Crippen LogP contribution in [0.25, 0.3) is 10.8 Å². The molecule has 0 spiro atoms. The van der Waals surface area contributed by atoms with Gasteiger partial charge in [0, 0.05) is 0 Å². The van der Waals surface area contributed by atoms with E-state index in [-0.39, 0.29) is 12.2 Å². The maximum Gasteiger partial charge on any atom is 0.340 e. The number of aryl methyl sites for hydroxylation is 1. The van der Waals surface area contributed by atoms with Crippen molar-refractivity contribution in [2.24, 2.45) is 0 Å². The predicted molar refractivity (Wildman–Crippen MR) is 93.1 cm³/mol. The van der Waals surface area contributed by atoms with Gasteiger partial charge in [0.15, 0.2) is 0 Å². The van der Waals surface area contributed by atoms with Gasteiger partial charge in [0.05, 0.1) is 0 Å².